The fraction of sp³-hybridized carbons (Fsp3) is 0.0476. The summed E-state index contributed by atoms with van der Waals surface area (Å²) in [6, 6.07) is 52.0. The zero-order valence-corrected chi connectivity index (χ0v) is 24.3. The number of rotatable bonds is 6. The van der Waals surface area contributed by atoms with E-state index in [9.17, 15) is 0 Å². The molecule has 210 valence electrons. The molecule has 0 amide bonds. The zero-order valence-electron chi connectivity index (χ0n) is 24.3. The lowest BCUT2D eigenvalue weighted by Gasteiger charge is -2.26. The average Bonchev–Trinajstić information content (AvgIpc) is 3.48. The molecule has 0 saturated carbocycles. The van der Waals surface area contributed by atoms with Gasteiger partial charge in [-0.1, -0.05) is 115 Å². The lowest BCUT2D eigenvalue weighted by atomic mass is 9.92. The van der Waals surface area contributed by atoms with Gasteiger partial charge in [0.15, 0.2) is 0 Å². The summed E-state index contributed by atoms with van der Waals surface area (Å²) < 4.78 is 6.06. The number of anilines is 3. The molecule has 1 aromatic heterocycles. The molecule has 1 heterocycles. The van der Waals surface area contributed by atoms with E-state index in [-0.39, 0.29) is 0 Å². The molecule has 0 N–H and O–H groups in total. The lowest BCUT2D eigenvalue weighted by molar-refractivity contribution is 0.669. The van der Waals surface area contributed by atoms with E-state index in [2.05, 4.69) is 163 Å². The van der Waals surface area contributed by atoms with Crippen LogP contribution in [0.1, 0.15) is 17.9 Å². The highest BCUT2D eigenvalue weighted by atomic mass is 16.3. The Kier molecular flexibility index (Phi) is 6.66. The van der Waals surface area contributed by atoms with Crippen molar-refractivity contribution >= 4 is 39.0 Å². The van der Waals surface area contributed by atoms with E-state index in [0.29, 0.717) is 5.92 Å². The molecule has 2 nitrogen and oxygen atoms in total. The molecular weight excluding hydrogens is 534 g/mol. The van der Waals surface area contributed by atoms with Crippen molar-refractivity contribution in [2.75, 3.05) is 4.90 Å². The summed E-state index contributed by atoms with van der Waals surface area (Å²) in [4.78, 5) is 2.34. The van der Waals surface area contributed by atoms with Crippen LogP contribution in [0.5, 0.6) is 0 Å². The monoisotopic (exact) mass is 565 g/mol. The van der Waals surface area contributed by atoms with Crippen LogP contribution in [0, 0.1) is 0 Å². The maximum atomic E-state index is 6.06. The van der Waals surface area contributed by atoms with Crippen LogP contribution in [0.25, 0.3) is 44.2 Å². The first-order chi connectivity index (χ1) is 21.8. The van der Waals surface area contributed by atoms with Gasteiger partial charge in [-0.15, -0.1) is 0 Å². The van der Waals surface area contributed by atoms with Crippen LogP contribution in [0.2, 0.25) is 0 Å². The van der Waals surface area contributed by atoms with Crippen molar-refractivity contribution in [1.82, 2.24) is 0 Å². The topological polar surface area (TPSA) is 16.4 Å². The van der Waals surface area contributed by atoms with Gasteiger partial charge in [-0.3, -0.25) is 0 Å². The van der Waals surface area contributed by atoms with Crippen molar-refractivity contribution < 1.29 is 4.42 Å². The third-order valence-electron chi connectivity index (χ3n) is 8.63. The largest absolute Gasteiger partial charge is 0.456 e. The minimum Gasteiger partial charge on any atom is -0.456 e. The molecule has 2 heteroatoms. The zero-order chi connectivity index (χ0) is 29.3. The summed E-state index contributed by atoms with van der Waals surface area (Å²) in [5.41, 5.74) is 11.3. The molecule has 0 radical (unpaired) electrons. The van der Waals surface area contributed by atoms with Gasteiger partial charge in [-0.25, -0.2) is 0 Å². The first-order valence-corrected chi connectivity index (χ1v) is 15.2. The highest BCUT2D eigenvalue weighted by Gasteiger charge is 2.16. The van der Waals surface area contributed by atoms with E-state index in [1.165, 1.54) is 27.8 Å². The Morgan fingerprint density at radius 1 is 0.477 bits per heavy atom. The van der Waals surface area contributed by atoms with Crippen LogP contribution < -0.4 is 4.90 Å². The van der Waals surface area contributed by atoms with Crippen LogP contribution in [-0.2, 0) is 0 Å². The normalized spacial score (nSPS) is 14.3. The summed E-state index contributed by atoms with van der Waals surface area (Å²) in [6.45, 7) is 0. The second-order valence-electron chi connectivity index (χ2n) is 11.4. The second-order valence-corrected chi connectivity index (χ2v) is 11.4. The Bertz CT molecular complexity index is 2120. The number of nitrogens with zero attached hydrogens (tertiary/aromatic N) is 1. The highest BCUT2D eigenvalue weighted by molar-refractivity contribution is 6.06. The van der Waals surface area contributed by atoms with Crippen molar-refractivity contribution in [3.05, 3.63) is 175 Å². The number of hydrogen-bond donors (Lipinski definition) is 0. The first-order valence-electron chi connectivity index (χ1n) is 15.2. The SMILES string of the molecule is C1=CCC(c2ccc(N(c3ccc(-c4ccccc4)cc3)c3ccc(-c4ccc5oc6ccccc6c5c4)cc3)cc2)C=C1. The number of allylic oxidation sites excluding steroid dienone is 4. The van der Waals surface area contributed by atoms with Crippen LogP contribution in [0.3, 0.4) is 0 Å². The van der Waals surface area contributed by atoms with E-state index in [1.54, 1.807) is 0 Å². The molecule has 0 bridgehead atoms. The van der Waals surface area contributed by atoms with E-state index >= 15 is 0 Å². The van der Waals surface area contributed by atoms with Gasteiger partial charge in [-0.2, -0.15) is 0 Å². The third kappa shape index (κ3) is 4.91. The quantitative estimate of drug-likeness (QED) is 0.199. The molecule has 0 spiro atoms. The van der Waals surface area contributed by atoms with Crippen molar-refractivity contribution in [1.29, 1.82) is 0 Å². The molecule has 1 aliphatic rings. The first kappa shape index (κ1) is 26.1. The van der Waals surface area contributed by atoms with Gasteiger partial charge in [0.05, 0.1) is 0 Å². The van der Waals surface area contributed by atoms with Crippen LogP contribution >= 0.6 is 0 Å². The van der Waals surface area contributed by atoms with Gasteiger partial charge < -0.3 is 9.32 Å². The van der Waals surface area contributed by atoms with Crippen molar-refractivity contribution in [3.8, 4) is 22.3 Å². The summed E-state index contributed by atoms with van der Waals surface area (Å²) in [5, 5.41) is 2.29. The summed E-state index contributed by atoms with van der Waals surface area (Å²) in [7, 11) is 0. The molecule has 6 aromatic carbocycles. The van der Waals surface area contributed by atoms with Gasteiger partial charge in [0.2, 0.25) is 0 Å². The van der Waals surface area contributed by atoms with Gasteiger partial charge in [-0.05, 0) is 88.8 Å². The Labute approximate surface area is 257 Å². The lowest BCUT2D eigenvalue weighted by Crippen LogP contribution is -2.10. The molecular formula is C42H31NO. The number of furan rings is 1. The molecule has 0 aliphatic heterocycles. The number of fused-ring (bicyclic) bond motifs is 3. The average molecular weight is 566 g/mol. The minimum absolute atomic E-state index is 0.427. The molecule has 44 heavy (non-hydrogen) atoms. The van der Waals surface area contributed by atoms with Gasteiger partial charge >= 0.3 is 0 Å². The maximum absolute atomic E-state index is 6.06. The Balaban J connectivity index is 1.16. The van der Waals surface area contributed by atoms with Gasteiger partial charge in [0.25, 0.3) is 0 Å². The summed E-state index contributed by atoms with van der Waals surface area (Å²) >= 11 is 0. The van der Waals surface area contributed by atoms with Gasteiger partial charge in [0, 0.05) is 33.8 Å². The van der Waals surface area contributed by atoms with Crippen LogP contribution in [-0.4, -0.2) is 0 Å². The Morgan fingerprint density at radius 3 is 1.73 bits per heavy atom. The number of benzene rings is 6. The molecule has 0 fully saturated rings. The fourth-order valence-corrected chi connectivity index (χ4v) is 6.29. The molecule has 1 aliphatic carbocycles. The Hall–Kier alpha value is -5.60. The summed E-state index contributed by atoms with van der Waals surface area (Å²) in [6.07, 6.45) is 9.86. The van der Waals surface area contributed by atoms with Crippen molar-refractivity contribution in [2.24, 2.45) is 0 Å². The molecule has 7 aromatic rings. The predicted molar refractivity (Wildman–Crippen MR) is 185 cm³/mol. The predicted octanol–water partition coefficient (Wildman–Crippen LogP) is 12.0. The highest BCUT2D eigenvalue weighted by Crippen LogP contribution is 2.38. The molecule has 0 saturated heterocycles. The Morgan fingerprint density at radius 2 is 1.05 bits per heavy atom. The smallest absolute Gasteiger partial charge is 0.135 e. The van der Waals surface area contributed by atoms with Crippen LogP contribution in [0.4, 0.5) is 17.1 Å². The van der Waals surface area contributed by atoms with E-state index in [1.807, 2.05) is 12.1 Å². The van der Waals surface area contributed by atoms with E-state index < -0.39 is 0 Å². The fourth-order valence-electron chi connectivity index (χ4n) is 6.29. The van der Waals surface area contributed by atoms with E-state index in [4.69, 9.17) is 4.42 Å². The van der Waals surface area contributed by atoms with Crippen molar-refractivity contribution in [2.45, 2.75) is 12.3 Å². The van der Waals surface area contributed by atoms with Gasteiger partial charge in [0.1, 0.15) is 11.2 Å². The standard InChI is InChI=1S/C42H31NO/c1-3-9-30(10-4-1)32-15-22-36(23-16-32)43(37-24-17-33(18-25-37)31-11-5-2-6-12-31)38-26-19-34(20-27-38)35-21-28-42-40(29-35)39-13-7-8-14-41(39)44-42/h1-11,13-29,31H,12H2. The number of para-hydroxylation sites is 1. The maximum Gasteiger partial charge on any atom is 0.135 e. The third-order valence-corrected chi connectivity index (χ3v) is 8.63. The van der Waals surface area contributed by atoms with E-state index in [0.717, 1.165) is 45.4 Å². The van der Waals surface area contributed by atoms with Crippen LogP contribution in [0.15, 0.2) is 174 Å². The molecule has 8 rings (SSSR count). The second kappa shape index (κ2) is 11.2. The molecule has 1 atom stereocenters. The molecule has 1 unspecified atom stereocenters. The van der Waals surface area contributed by atoms with Crippen molar-refractivity contribution in [3.63, 3.8) is 0 Å². The number of hydrogen-bond acceptors (Lipinski definition) is 2. The minimum atomic E-state index is 0.427. The summed E-state index contributed by atoms with van der Waals surface area (Å²) in [5.74, 6) is 0.427.